The molecule has 0 N–H and O–H groups in total. The summed E-state index contributed by atoms with van der Waals surface area (Å²) in [5.41, 5.74) is 3.23. The van der Waals surface area contributed by atoms with Gasteiger partial charge in [-0.1, -0.05) is 43.1 Å². The molecule has 2 heterocycles. The van der Waals surface area contributed by atoms with Crippen LogP contribution in [0.15, 0.2) is 30.6 Å². The van der Waals surface area contributed by atoms with Crippen molar-refractivity contribution in [3.05, 3.63) is 69.2 Å². The van der Waals surface area contributed by atoms with E-state index in [1.807, 2.05) is 18.2 Å². The van der Waals surface area contributed by atoms with Gasteiger partial charge in [-0.25, -0.2) is 9.97 Å². The maximum absolute atomic E-state index is 6.47. The van der Waals surface area contributed by atoms with E-state index < -0.39 is 0 Å². The molecule has 0 saturated carbocycles. The third kappa shape index (κ3) is 5.87. The molecule has 0 spiro atoms. The summed E-state index contributed by atoms with van der Waals surface area (Å²) in [6.07, 6.45) is 6.15. The number of aryl methyl sites for hydroxylation is 4. The number of imidazole rings is 2. The van der Waals surface area contributed by atoms with Gasteiger partial charge in [0.2, 0.25) is 0 Å². The predicted octanol–water partition coefficient (Wildman–Crippen LogP) is 5.33. The Morgan fingerprint density at radius 1 is 0.867 bits per heavy atom. The first-order chi connectivity index (χ1) is 14.4. The highest BCUT2D eigenvalue weighted by Crippen LogP contribution is 2.22. The molecule has 3 rings (SSSR count). The molecule has 0 bridgehead atoms. The molecule has 0 unspecified atom stereocenters. The molecule has 3 aromatic rings. The van der Waals surface area contributed by atoms with Crippen LogP contribution in [0.2, 0.25) is 10.0 Å². The molecule has 0 amide bonds. The second-order valence-electron chi connectivity index (χ2n) is 7.70. The molecule has 1 aromatic carbocycles. The van der Waals surface area contributed by atoms with Gasteiger partial charge < -0.3 is 9.13 Å². The van der Waals surface area contributed by atoms with Crippen molar-refractivity contribution < 1.29 is 0 Å². The van der Waals surface area contributed by atoms with Crippen molar-refractivity contribution in [2.75, 3.05) is 13.1 Å². The Morgan fingerprint density at radius 2 is 1.40 bits per heavy atom. The maximum atomic E-state index is 6.47. The average Bonchev–Trinajstić information content (AvgIpc) is 3.26. The van der Waals surface area contributed by atoms with E-state index in [0.29, 0.717) is 10.0 Å². The Morgan fingerprint density at radius 3 is 1.87 bits per heavy atom. The van der Waals surface area contributed by atoms with Crippen LogP contribution < -0.4 is 0 Å². The summed E-state index contributed by atoms with van der Waals surface area (Å²) in [4.78, 5) is 11.7. The molecule has 7 heteroatoms. The zero-order valence-corrected chi connectivity index (χ0v) is 19.8. The van der Waals surface area contributed by atoms with Crippen LogP contribution in [0.25, 0.3) is 0 Å². The molecule has 0 saturated heterocycles. The number of benzene rings is 1. The van der Waals surface area contributed by atoms with E-state index in [9.17, 15) is 0 Å². The number of hydrogen-bond acceptors (Lipinski definition) is 3. The minimum Gasteiger partial charge on any atom is -0.333 e. The monoisotopic (exact) mass is 447 g/mol. The molecular formula is C23H31Cl2N5. The van der Waals surface area contributed by atoms with Crippen LogP contribution in [0.4, 0.5) is 0 Å². The van der Waals surface area contributed by atoms with E-state index in [1.54, 1.807) is 0 Å². The number of aromatic nitrogens is 4. The van der Waals surface area contributed by atoms with Crippen molar-refractivity contribution in [1.29, 1.82) is 0 Å². The number of hydrogen-bond donors (Lipinski definition) is 0. The van der Waals surface area contributed by atoms with Gasteiger partial charge >= 0.3 is 0 Å². The van der Waals surface area contributed by atoms with Gasteiger partial charge in [-0.05, 0) is 31.5 Å². The Bertz CT molecular complexity index is 924. The minimum absolute atomic E-state index is 0.665. The predicted molar refractivity (Wildman–Crippen MR) is 124 cm³/mol. The molecule has 30 heavy (non-hydrogen) atoms. The van der Waals surface area contributed by atoms with Gasteiger partial charge in [-0.2, -0.15) is 0 Å². The lowest BCUT2D eigenvalue weighted by atomic mass is 10.2. The SMILES string of the molecule is CCc1nc(C)cn1CCN(CCn1cc(C)nc1CC)Cc1ccc(Cl)cc1Cl. The maximum Gasteiger partial charge on any atom is 0.108 e. The lowest BCUT2D eigenvalue weighted by Crippen LogP contribution is -2.31. The molecule has 0 atom stereocenters. The van der Waals surface area contributed by atoms with E-state index in [4.69, 9.17) is 23.2 Å². The van der Waals surface area contributed by atoms with Crippen LogP contribution in [0, 0.1) is 13.8 Å². The summed E-state index contributed by atoms with van der Waals surface area (Å²) in [6, 6.07) is 5.75. The fourth-order valence-electron chi connectivity index (χ4n) is 3.80. The van der Waals surface area contributed by atoms with Gasteiger partial charge in [-0.3, -0.25) is 4.90 Å². The van der Waals surface area contributed by atoms with Crippen molar-refractivity contribution in [3.8, 4) is 0 Å². The largest absolute Gasteiger partial charge is 0.333 e. The van der Waals surface area contributed by atoms with Gasteiger partial charge in [0.15, 0.2) is 0 Å². The summed E-state index contributed by atoms with van der Waals surface area (Å²) in [7, 11) is 0. The second-order valence-corrected chi connectivity index (χ2v) is 8.55. The average molecular weight is 448 g/mol. The highest BCUT2D eigenvalue weighted by molar-refractivity contribution is 6.35. The van der Waals surface area contributed by atoms with Crippen molar-refractivity contribution in [3.63, 3.8) is 0 Å². The lowest BCUT2D eigenvalue weighted by molar-refractivity contribution is 0.242. The molecule has 5 nitrogen and oxygen atoms in total. The lowest BCUT2D eigenvalue weighted by Gasteiger charge is -2.24. The summed E-state index contributed by atoms with van der Waals surface area (Å²) >= 11 is 12.6. The molecule has 2 aromatic heterocycles. The van der Waals surface area contributed by atoms with E-state index in [2.05, 4.69) is 64.1 Å². The zero-order valence-electron chi connectivity index (χ0n) is 18.3. The van der Waals surface area contributed by atoms with Crippen molar-refractivity contribution in [2.45, 2.75) is 60.2 Å². The van der Waals surface area contributed by atoms with E-state index in [1.165, 1.54) is 0 Å². The Labute approximate surface area is 189 Å². The standard InChI is InChI=1S/C23H31Cl2N5/c1-5-22-26-17(3)14-29(22)11-9-28(16-19-7-8-20(24)13-21(19)25)10-12-30-15-18(4)27-23(30)6-2/h7-8,13-15H,5-6,9-12,16H2,1-4H3. The minimum atomic E-state index is 0.665. The zero-order chi connectivity index (χ0) is 21.7. The first-order valence-electron chi connectivity index (χ1n) is 10.6. The highest BCUT2D eigenvalue weighted by atomic mass is 35.5. The summed E-state index contributed by atoms with van der Waals surface area (Å²) in [5.74, 6) is 2.27. The highest BCUT2D eigenvalue weighted by Gasteiger charge is 2.13. The third-order valence-corrected chi connectivity index (χ3v) is 5.90. The molecule has 0 aliphatic rings. The molecule has 162 valence electrons. The Kier molecular flexibility index (Phi) is 7.98. The van der Waals surface area contributed by atoms with Crippen LogP contribution in [-0.4, -0.2) is 37.1 Å². The summed E-state index contributed by atoms with van der Waals surface area (Å²) in [6.45, 7) is 12.8. The van der Waals surface area contributed by atoms with E-state index >= 15 is 0 Å². The number of nitrogens with zero attached hydrogens (tertiary/aromatic N) is 5. The summed E-state index contributed by atoms with van der Waals surface area (Å²) < 4.78 is 4.54. The fraction of sp³-hybridized carbons (Fsp3) is 0.478. The smallest absolute Gasteiger partial charge is 0.108 e. The van der Waals surface area contributed by atoms with Crippen molar-refractivity contribution in [1.82, 2.24) is 24.0 Å². The van der Waals surface area contributed by atoms with Crippen LogP contribution >= 0.6 is 23.2 Å². The van der Waals surface area contributed by atoms with Gasteiger partial charge in [0.05, 0.1) is 11.4 Å². The van der Waals surface area contributed by atoms with Crippen LogP contribution in [0.5, 0.6) is 0 Å². The molecular weight excluding hydrogens is 417 g/mol. The van der Waals surface area contributed by atoms with Gasteiger partial charge in [0, 0.05) is 68.0 Å². The van der Waals surface area contributed by atoms with Crippen molar-refractivity contribution >= 4 is 23.2 Å². The van der Waals surface area contributed by atoms with E-state index in [-0.39, 0.29) is 0 Å². The van der Waals surface area contributed by atoms with Crippen molar-refractivity contribution in [2.24, 2.45) is 0 Å². The Balaban J connectivity index is 1.74. The number of rotatable bonds is 10. The number of halogens is 2. The quantitative estimate of drug-likeness (QED) is 0.421. The van der Waals surface area contributed by atoms with Crippen LogP contribution in [0.3, 0.4) is 0 Å². The van der Waals surface area contributed by atoms with Gasteiger partial charge in [0.25, 0.3) is 0 Å². The van der Waals surface area contributed by atoms with Gasteiger partial charge in [0.1, 0.15) is 11.6 Å². The molecule has 0 radical (unpaired) electrons. The third-order valence-electron chi connectivity index (χ3n) is 5.32. The van der Waals surface area contributed by atoms with E-state index in [0.717, 1.165) is 74.2 Å². The second kappa shape index (κ2) is 10.5. The van der Waals surface area contributed by atoms with Crippen LogP contribution in [-0.2, 0) is 32.5 Å². The topological polar surface area (TPSA) is 38.9 Å². The Hall–Kier alpha value is -1.82. The molecule has 0 aliphatic heterocycles. The molecule has 0 aliphatic carbocycles. The fourth-order valence-corrected chi connectivity index (χ4v) is 4.27. The summed E-state index contributed by atoms with van der Waals surface area (Å²) in [5, 5.41) is 1.38. The molecule has 0 fully saturated rings. The normalized spacial score (nSPS) is 11.6. The first-order valence-corrected chi connectivity index (χ1v) is 11.4. The van der Waals surface area contributed by atoms with Gasteiger partial charge in [-0.15, -0.1) is 0 Å². The van der Waals surface area contributed by atoms with Crippen LogP contribution in [0.1, 0.15) is 42.4 Å². The first kappa shape index (κ1) is 22.9.